The van der Waals surface area contributed by atoms with E-state index >= 15 is 0 Å². The molecule has 0 aliphatic carbocycles. The number of rotatable bonds is 9. The van der Waals surface area contributed by atoms with Gasteiger partial charge in [-0.15, -0.1) is 4.40 Å². The summed E-state index contributed by atoms with van der Waals surface area (Å²) in [6, 6.07) is 5.75. The largest absolute Gasteiger partial charge is 0.480 e. The molecular weight excluding hydrogens is 370 g/mol. The summed E-state index contributed by atoms with van der Waals surface area (Å²) in [6.45, 7) is 2.38. The Labute approximate surface area is 159 Å². The van der Waals surface area contributed by atoms with Crippen LogP contribution >= 0.6 is 0 Å². The lowest BCUT2D eigenvalue weighted by Gasteiger charge is -2.19. The van der Waals surface area contributed by atoms with E-state index in [4.69, 9.17) is 5.11 Å². The number of carboxylic acids is 1. The Morgan fingerprint density at radius 1 is 1.26 bits per heavy atom. The Kier molecular flexibility index (Phi) is 6.95. The molecule has 1 aromatic carbocycles. The zero-order valence-electron chi connectivity index (χ0n) is 15.5. The predicted molar refractivity (Wildman–Crippen MR) is 101 cm³/mol. The molecule has 0 fully saturated rings. The summed E-state index contributed by atoms with van der Waals surface area (Å²) in [7, 11) is -1.96. The van der Waals surface area contributed by atoms with Gasteiger partial charge in [0.05, 0.1) is 0 Å². The van der Waals surface area contributed by atoms with Gasteiger partial charge in [-0.05, 0) is 25.0 Å². The molecule has 0 radical (unpaired) electrons. The van der Waals surface area contributed by atoms with Gasteiger partial charge in [0.25, 0.3) is 10.0 Å². The van der Waals surface area contributed by atoms with E-state index in [2.05, 4.69) is 9.71 Å². The number of amidine groups is 1. The number of amides is 1. The van der Waals surface area contributed by atoms with Crippen molar-refractivity contribution in [1.29, 1.82) is 0 Å². The third-order valence-electron chi connectivity index (χ3n) is 4.35. The monoisotopic (exact) mass is 395 g/mol. The summed E-state index contributed by atoms with van der Waals surface area (Å²) < 4.78 is 28.0. The average molecular weight is 395 g/mol. The molecule has 8 nitrogen and oxygen atoms in total. The normalized spacial score (nSPS) is 15.6. The Morgan fingerprint density at radius 3 is 2.63 bits per heavy atom. The third kappa shape index (κ3) is 5.29. The fourth-order valence-electron chi connectivity index (χ4n) is 2.88. The summed E-state index contributed by atoms with van der Waals surface area (Å²) >= 11 is 0. The van der Waals surface area contributed by atoms with E-state index in [0.29, 0.717) is 30.8 Å². The predicted octanol–water partition coefficient (Wildman–Crippen LogP) is 1.61. The Hall–Kier alpha value is -2.42. The van der Waals surface area contributed by atoms with E-state index in [1.807, 2.05) is 6.92 Å². The van der Waals surface area contributed by atoms with Crippen molar-refractivity contribution in [3.63, 3.8) is 0 Å². The quantitative estimate of drug-likeness (QED) is 0.656. The molecule has 0 bridgehead atoms. The van der Waals surface area contributed by atoms with Crippen molar-refractivity contribution in [1.82, 2.24) is 10.2 Å². The van der Waals surface area contributed by atoms with Gasteiger partial charge in [-0.2, -0.15) is 8.42 Å². The highest BCUT2D eigenvalue weighted by atomic mass is 32.2. The van der Waals surface area contributed by atoms with Crippen LogP contribution in [0, 0.1) is 0 Å². The highest BCUT2D eigenvalue weighted by molar-refractivity contribution is 7.90. The van der Waals surface area contributed by atoms with Gasteiger partial charge in [-0.25, -0.2) is 4.79 Å². The summed E-state index contributed by atoms with van der Waals surface area (Å²) in [5.74, 6) is -0.998. The van der Waals surface area contributed by atoms with Crippen molar-refractivity contribution >= 4 is 27.7 Å². The summed E-state index contributed by atoms with van der Waals surface area (Å²) in [5, 5.41) is 11.7. The zero-order chi connectivity index (χ0) is 20.0. The minimum atomic E-state index is -3.67. The lowest BCUT2D eigenvalue weighted by molar-refractivity contribution is -0.142. The van der Waals surface area contributed by atoms with Crippen molar-refractivity contribution < 1.29 is 23.1 Å². The number of carbonyl (C=O) groups is 2. The zero-order valence-corrected chi connectivity index (χ0v) is 16.3. The highest BCUT2D eigenvalue weighted by Crippen LogP contribution is 2.26. The Morgan fingerprint density at radius 2 is 1.96 bits per heavy atom. The highest BCUT2D eigenvalue weighted by Gasteiger charge is 2.30. The fraction of sp³-hybridized carbons (Fsp3) is 0.500. The number of carboxylic acid groups (broad SMARTS) is 1. The second-order valence-electron chi connectivity index (χ2n) is 6.51. The van der Waals surface area contributed by atoms with Crippen LogP contribution in [0.2, 0.25) is 0 Å². The van der Waals surface area contributed by atoms with Crippen LogP contribution in [0.15, 0.2) is 33.6 Å². The lowest BCUT2D eigenvalue weighted by atomic mass is 10.1. The molecule has 9 heteroatoms. The molecule has 27 heavy (non-hydrogen) atoms. The molecule has 2 N–H and O–H groups in total. The lowest BCUT2D eigenvalue weighted by Crippen LogP contribution is -2.41. The van der Waals surface area contributed by atoms with E-state index in [9.17, 15) is 18.0 Å². The number of aliphatic carboxylic acids is 1. The molecule has 0 saturated heterocycles. The average Bonchev–Trinajstić information content (AvgIpc) is 2.90. The topological polar surface area (TPSA) is 116 Å². The molecular formula is C18H25N3O5S. The van der Waals surface area contributed by atoms with Gasteiger partial charge in [0.2, 0.25) is 5.91 Å². The van der Waals surface area contributed by atoms with Crippen molar-refractivity contribution in [3.05, 3.63) is 29.8 Å². The number of nitrogens with zero attached hydrogens (tertiary/aromatic N) is 2. The summed E-state index contributed by atoms with van der Waals surface area (Å²) in [5.41, 5.74) is 0.551. The molecule has 1 aliphatic heterocycles. The minimum Gasteiger partial charge on any atom is -0.480 e. The first-order chi connectivity index (χ1) is 12.8. The first kappa shape index (κ1) is 20.9. The number of carbonyl (C=O) groups excluding carboxylic acids is 1. The van der Waals surface area contributed by atoms with Crippen LogP contribution in [-0.4, -0.2) is 55.8 Å². The van der Waals surface area contributed by atoms with Gasteiger partial charge in [-0.1, -0.05) is 31.9 Å². The van der Waals surface area contributed by atoms with Crippen molar-refractivity contribution in [3.8, 4) is 0 Å². The fourth-order valence-corrected chi connectivity index (χ4v) is 4.13. The van der Waals surface area contributed by atoms with Crippen LogP contribution in [0.5, 0.6) is 0 Å². The number of sulfonamides is 1. The van der Waals surface area contributed by atoms with Crippen LogP contribution in [-0.2, 0) is 19.6 Å². The molecule has 148 valence electrons. The van der Waals surface area contributed by atoms with Crippen LogP contribution in [0.3, 0.4) is 0 Å². The number of unbranched alkanes of at least 4 members (excludes halogenated alkanes) is 1. The molecule has 1 atom stereocenters. The van der Waals surface area contributed by atoms with Crippen LogP contribution in [0.25, 0.3) is 0 Å². The molecule has 2 rings (SSSR count). The maximum atomic E-state index is 12.1. The maximum absolute atomic E-state index is 12.1. The Balaban J connectivity index is 1.89. The minimum absolute atomic E-state index is 0.155. The second-order valence-corrected chi connectivity index (χ2v) is 8.08. The molecule has 0 aromatic heterocycles. The van der Waals surface area contributed by atoms with E-state index in [0.717, 1.165) is 12.8 Å². The Bertz CT molecular complexity index is 835. The molecule has 0 spiro atoms. The van der Waals surface area contributed by atoms with Gasteiger partial charge in [0, 0.05) is 25.6 Å². The van der Waals surface area contributed by atoms with Crippen LogP contribution in [0.4, 0.5) is 0 Å². The third-order valence-corrected chi connectivity index (χ3v) is 5.68. The molecule has 1 aromatic rings. The first-order valence-corrected chi connectivity index (χ1v) is 10.4. The smallest absolute Gasteiger partial charge is 0.326 e. The van der Waals surface area contributed by atoms with E-state index in [1.54, 1.807) is 30.1 Å². The first-order valence-electron chi connectivity index (χ1n) is 8.94. The molecule has 1 amide bonds. The summed E-state index contributed by atoms with van der Waals surface area (Å²) in [6.07, 6.45) is 2.60. The van der Waals surface area contributed by atoms with Crippen molar-refractivity contribution in [2.75, 3.05) is 13.6 Å². The van der Waals surface area contributed by atoms with Gasteiger partial charge in [0.15, 0.2) is 0 Å². The number of benzene rings is 1. The van der Waals surface area contributed by atoms with E-state index in [1.165, 1.54) is 6.07 Å². The number of nitrogens with one attached hydrogen (secondary N) is 1. The molecule has 1 aliphatic rings. The second kappa shape index (κ2) is 8.98. The van der Waals surface area contributed by atoms with E-state index < -0.39 is 22.0 Å². The molecule has 1 unspecified atom stereocenters. The van der Waals surface area contributed by atoms with Gasteiger partial charge >= 0.3 is 5.97 Å². The maximum Gasteiger partial charge on any atom is 0.326 e. The SMILES string of the molecule is CCCCC(NC(=O)CCCN(C)C1=NS(=O)(=O)c2ccccc21)C(=O)O. The molecule has 0 saturated carbocycles. The standard InChI is InChI=1S/C18H25N3O5S/c1-3-4-9-14(18(23)24)19-16(22)11-7-12-21(2)17-13-8-5-6-10-15(13)27(25,26)20-17/h5-6,8,10,14H,3-4,7,9,11-12H2,1-2H3,(H,19,22)(H,23,24). The number of hydrogen-bond acceptors (Lipinski definition) is 5. The van der Waals surface area contributed by atoms with Crippen molar-refractivity contribution in [2.24, 2.45) is 4.40 Å². The van der Waals surface area contributed by atoms with Crippen LogP contribution in [0.1, 0.15) is 44.6 Å². The summed E-state index contributed by atoms with van der Waals surface area (Å²) in [4.78, 5) is 25.1. The number of hydrogen-bond donors (Lipinski definition) is 2. The van der Waals surface area contributed by atoms with E-state index in [-0.39, 0.29) is 17.2 Å². The van der Waals surface area contributed by atoms with Gasteiger partial charge < -0.3 is 15.3 Å². The van der Waals surface area contributed by atoms with Gasteiger partial charge in [0.1, 0.15) is 16.8 Å². The van der Waals surface area contributed by atoms with Crippen molar-refractivity contribution in [2.45, 2.75) is 50.0 Å². The number of fused-ring (bicyclic) bond motifs is 1. The van der Waals surface area contributed by atoms with Crippen LogP contribution < -0.4 is 5.32 Å². The van der Waals surface area contributed by atoms with Gasteiger partial charge in [-0.3, -0.25) is 4.79 Å². The molecule has 1 heterocycles.